The number of methoxy groups -OCH3 is 1. The summed E-state index contributed by atoms with van der Waals surface area (Å²) in [5.74, 6) is -3.57. The van der Waals surface area contributed by atoms with Crippen LogP contribution in [0.4, 0.5) is 24.5 Å². The van der Waals surface area contributed by atoms with Gasteiger partial charge in [-0.2, -0.15) is 13.2 Å². The van der Waals surface area contributed by atoms with Gasteiger partial charge in [0.25, 0.3) is 0 Å². The number of carbonyl (C=O) groups is 2. The number of ether oxygens (including phenoxy) is 1. The highest BCUT2D eigenvalue weighted by Crippen LogP contribution is 2.36. The van der Waals surface area contributed by atoms with Gasteiger partial charge in [0.05, 0.1) is 23.4 Å². The van der Waals surface area contributed by atoms with Gasteiger partial charge >= 0.3 is 18.1 Å². The number of nitrogens with one attached hydrogen (secondary N) is 1. The van der Waals surface area contributed by atoms with E-state index in [4.69, 9.17) is 4.74 Å². The summed E-state index contributed by atoms with van der Waals surface area (Å²) < 4.78 is 45.2. The molecule has 1 aromatic rings. The third-order valence-electron chi connectivity index (χ3n) is 4.83. The standard InChI is InChI=1S/C19H26F3N3O4.ClH/c1-12-10-23-7-8-24(12)13-5-6-14(16(26)27)15(9-13)25(17(28)19(20,21)22)18(2,3)11-29-4;/h5-6,9,12,23H,7-8,10-11H2,1-4H3,(H,26,27);1H. The lowest BCUT2D eigenvalue weighted by Gasteiger charge is -2.40. The second-order valence-electron chi connectivity index (χ2n) is 7.64. The molecule has 0 aromatic heterocycles. The molecule has 1 aromatic carbocycles. The number of halogens is 4. The Hall–Kier alpha value is -2.04. The first-order valence-electron chi connectivity index (χ1n) is 9.15. The predicted molar refractivity (Wildman–Crippen MR) is 110 cm³/mol. The van der Waals surface area contributed by atoms with Crippen molar-refractivity contribution in [3.05, 3.63) is 23.8 Å². The molecule has 1 aliphatic heterocycles. The van der Waals surface area contributed by atoms with Gasteiger partial charge in [-0.15, -0.1) is 12.4 Å². The molecule has 1 amide bonds. The molecule has 2 rings (SSSR count). The summed E-state index contributed by atoms with van der Waals surface area (Å²) in [6, 6.07) is 4.17. The zero-order valence-corrected chi connectivity index (χ0v) is 18.1. The SMILES string of the molecule is COCC(C)(C)N(C(=O)C(F)(F)F)c1cc(N2CCNCC2C)ccc1C(=O)O.Cl. The normalized spacial score (nSPS) is 17.3. The van der Waals surface area contributed by atoms with Crippen molar-refractivity contribution in [2.75, 3.05) is 43.2 Å². The van der Waals surface area contributed by atoms with E-state index in [0.717, 1.165) is 0 Å². The monoisotopic (exact) mass is 453 g/mol. The van der Waals surface area contributed by atoms with E-state index in [1.54, 1.807) is 6.07 Å². The number of carboxylic acid groups (broad SMARTS) is 1. The Balaban J connectivity index is 0.00000450. The van der Waals surface area contributed by atoms with E-state index in [0.29, 0.717) is 30.2 Å². The van der Waals surface area contributed by atoms with Gasteiger partial charge in [-0.05, 0) is 39.0 Å². The van der Waals surface area contributed by atoms with E-state index in [-0.39, 0.29) is 30.7 Å². The van der Waals surface area contributed by atoms with Crippen LogP contribution in [0.25, 0.3) is 0 Å². The molecule has 0 spiro atoms. The van der Waals surface area contributed by atoms with Crippen LogP contribution in [0.15, 0.2) is 18.2 Å². The lowest BCUT2D eigenvalue weighted by Crippen LogP contribution is -2.56. The number of benzene rings is 1. The van der Waals surface area contributed by atoms with E-state index >= 15 is 0 Å². The van der Waals surface area contributed by atoms with Gasteiger partial charge in [-0.3, -0.25) is 9.69 Å². The fourth-order valence-corrected chi connectivity index (χ4v) is 3.54. The van der Waals surface area contributed by atoms with E-state index in [1.807, 2.05) is 11.8 Å². The maximum Gasteiger partial charge on any atom is 0.471 e. The Morgan fingerprint density at radius 1 is 1.33 bits per heavy atom. The molecule has 7 nitrogen and oxygen atoms in total. The summed E-state index contributed by atoms with van der Waals surface area (Å²) in [6.45, 7) is 6.48. The van der Waals surface area contributed by atoms with Crippen LogP contribution < -0.4 is 15.1 Å². The van der Waals surface area contributed by atoms with E-state index < -0.39 is 29.2 Å². The largest absolute Gasteiger partial charge is 0.478 e. The molecule has 30 heavy (non-hydrogen) atoms. The quantitative estimate of drug-likeness (QED) is 0.689. The Kier molecular flexibility index (Phi) is 8.53. The average molecular weight is 454 g/mol. The van der Waals surface area contributed by atoms with Crippen molar-refractivity contribution in [2.24, 2.45) is 0 Å². The molecule has 11 heteroatoms. The fraction of sp³-hybridized carbons (Fsp3) is 0.579. The number of alkyl halides is 3. The molecule has 1 heterocycles. The van der Waals surface area contributed by atoms with Crippen LogP contribution in [0.1, 0.15) is 31.1 Å². The average Bonchev–Trinajstić information content (AvgIpc) is 2.61. The number of amides is 1. The molecule has 1 unspecified atom stereocenters. The second kappa shape index (κ2) is 9.84. The molecule has 170 valence electrons. The Labute approximate surface area is 179 Å². The molecule has 0 bridgehead atoms. The lowest BCUT2D eigenvalue weighted by molar-refractivity contribution is -0.172. The van der Waals surface area contributed by atoms with Gasteiger partial charge in [0.1, 0.15) is 0 Å². The fourth-order valence-electron chi connectivity index (χ4n) is 3.54. The van der Waals surface area contributed by atoms with Crippen molar-refractivity contribution in [1.29, 1.82) is 0 Å². The number of aromatic carboxylic acids is 1. The molecular weight excluding hydrogens is 427 g/mol. The summed E-state index contributed by atoms with van der Waals surface area (Å²) in [7, 11) is 1.30. The zero-order valence-electron chi connectivity index (χ0n) is 17.2. The van der Waals surface area contributed by atoms with Crippen molar-refractivity contribution >= 4 is 35.7 Å². The maximum atomic E-state index is 13.4. The molecule has 0 saturated carbocycles. The number of anilines is 2. The maximum absolute atomic E-state index is 13.4. The van der Waals surface area contributed by atoms with Crippen LogP contribution in [-0.2, 0) is 9.53 Å². The van der Waals surface area contributed by atoms with Crippen molar-refractivity contribution in [2.45, 2.75) is 38.5 Å². The highest BCUT2D eigenvalue weighted by molar-refractivity contribution is 6.05. The zero-order chi connectivity index (χ0) is 22.0. The van der Waals surface area contributed by atoms with Gasteiger partial charge in [0, 0.05) is 38.5 Å². The highest BCUT2D eigenvalue weighted by atomic mass is 35.5. The summed E-state index contributed by atoms with van der Waals surface area (Å²) in [5.41, 5.74) is -1.60. The third-order valence-corrected chi connectivity index (χ3v) is 4.83. The molecule has 1 atom stereocenters. The minimum atomic E-state index is -5.18. The number of rotatable bonds is 6. The van der Waals surface area contributed by atoms with Gasteiger partial charge in [0.15, 0.2) is 0 Å². The smallest absolute Gasteiger partial charge is 0.471 e. The molecule has 0 aliphatic carbocycles. The van der Waals surface area contributed by atoms with Crippen molar-refractivity contribution in [1.82, 2.24) is 5.32 Å². The van der Waals surface area contributed by atoms with Crippen molar-refractivity contribution in [3.8, 4) is 0 Å². The number of nitrogens with zero attached hydrogens (tertiary/aromatic N) is 2. The number of piperazine rings is 1. The second-order valence-corrected chi connectivity index (χ2v) is 7.64. The molecule has 1 saturated heterocycles. The summed E-state index contributed by atoms with van der Waals surface area (Å²) in [4.78, 5) is 26.5. The van der Waals surface area contributed by atoms with Crippen LogP contribution in [0.5, 0.6) is 0 Å². The first-order valence-corrected chi connectivity index (χ1v) is 9.15. The van der Waals surface area contributed by atoms with Gasteiger partial charge in [0.2, 0.25) is 0 Å². The van der Waals surface area contributed by atoms with E-state index in [1.165, 1.54) is 33.1 Å². The van der Waals surface area contributed by atoms with Crippen LogP contribution in [0.2, 0.25) is 0 Å². The predicted octanol–water partition coefficient (Wildman–Crippen LogP) is 2.93. The minimum Gasteiger partial charge on any atom is -0.478 e. The molecule has 0 radical (unpaired) electrons. The summed E-state index contributed by atoms with van der Waals surface area (Å²) >= 11 is 0. The minimum absolute atomic E-state index is 0. The Morgan fingerprint density at radius 2 is 1.97 bits per heavy atom. The number of carboxylic acids is 1. The summed E-state index contributed by atoms with van der Waals surface area (Å²) in [6.07, 6.45) is -5.18. The molecular formula is C19H27ClF3N3O4. The first-order chi connectivity index (χ1) is 13.4. The van der Waals surface area contributed by atoms with Crippen molar-refractivity contribution in [3.63, 3.8) is 0 Å². The van der Waals surface area contributed by atoms with Crippen LogP contribution >= 0.6 is 12.4 Å². The molecule has 1 aliphatic rings. The van der Waals surface area contributed by atoms with Crippen LogP contribution in [-0.4, -0.2) is 68.1 Å². The number of hydrogen-bond donors (Lipinski definition) is 2. The number of hydrogen-bond acceptors (Lipinski definition) is 5. The van der Waals surface area contributed by atoms with Crippen LogP contribution in [0.3, 0.4) is 0 Å². The van der Waals surface area contributed by atoms with Crippen molar-refractivity contribution < 1.29 is 32.6 Å². The molecule has 1 fully saturated rings. The van der Waals surface area contributed by atoms with Crippen LogP contribution in [0, 0.1) is 0 Å². The summed E-state index contributed by atoms with van der Waals surface area (Å²) in [5, 5.41) is 12.8. The van der Waals surface area contributed by atoms with Gasteiger partial charge in [-0.25, -0.2) is 4.79 Å². The first kappa shape index (κ1) is 26.0. The third kappa shape index (κ3) is 5.55. The van der Waals surface area contributed by atoms with Gasteiger partial charge in [-0.1, -0.05) is 0 Å². The van der Waals surface area contributed by atoms with E-state index in [9.17, 15) is 27.9 Å². The highest BCUT2D eigenvalue weighted by Gasteiger charge is 2.48. The molecule has 2 N–H and O–H groups in total. The number of carbonyl (C=O) groups excluding carboxylic acids is 1. The topological polar surface area (TPSA) is 82.1 Å². The van der Waals surface area contributed by atoms with Gasteiger partial charge < -0.3 is 20.1 Å². The Bertz CT molecular complexity index is 774. The lowest BCUT2D eigenvalue weighted by atomic mass is 9.99. The van der Waals surface area contributed by atoms with E-state index in [2.05, 4.69) is 5.32 Å². The Morgan fingerprint density at radius 3 is 2.47 bits per heavy atom.